The number of hydrogen-bond donors (Lipinski definition) is 2. The maximum Gasteiger partial charge on any atom is 0.339 e. The number of halogens is 1. The fourth-order valence-corrected chi connectivity index (χ4v) is 3.54. The van der Waals surface area contributed by atoms with Crippen LogP contribution < -0.4 is 4.31 Å². The predicted molar refractivity (Wildman–Crippen MR) is 81.8 cm³/mol. The van der Waals surface area contributed by atoms with Crippen LogP contribution in [0.5, 0.6) is 5.75 Å². The Labute approximate surface area is 132 Å². The predicted octanol–water partition coefficient (Wildman–Crippen LogP) is 2.36. The van der Waals surface area contributed by atoms with Crippen LogP contribution in [0.3, 0.4) is 0 Å². The van der Waals surface area contributed by atoms with Crippen molar-refractivity contribution in [1.29, 1.82) is 0 Å². The fraction of sp³-hybridized carbons (Fsp3) is 0.133. The van der Waals surface area contributed by atoms with Crippen LogP contribution in [0.25, 0.3) is 0 Å². The molecule has 0 radical (unpaired) electrons. The molecule has 0 aliphatic carbocycles. The van der Waals surface area contributed by atoms with Crippen LogP contribution in [0.1, 0.15) is 15.9 Å². The van der Waals surface area contributed by atoms with E-state index in [1.165, 1.54) is 32.2 Å². The summed E-state index contributed by atoms with van der Waals surface area (Å²) in [5, 5.41) is 18.6. The SMILES string of the molecule is Cc1cc(O)c(C(=O)O)cc1S(=O)(=O)N(C)c1ccccc1F. The molecule has 0 heterocycles. The van der Waals surface area contributed by atoms with Crippen LogP contribution in [0.4, 0.5) is 10.1 Å². The molecular formula is C15H14FNO5S. The molecule has 0 spiro atoms. The Bertz CT molecular complexity index is 879. The van der Waals surface area contributed by atoms with Crippen molar-refractivity contribution >= 4 is 21.7 Å². The van der Waals surface area contributed by atoms with Crippen LogP contribution in [0, 0.1) is 12.7 Å². The second kappa shape index (κ2) is 5.88. The summed E-state index contributed by atoms with van der Waals surface area (Å²) in [6.45, 7) is 1.41. The van der Waals surface area contributed by atoms with Crippen molar-refractivity contribution in [2.75, 3.05) is 11.4 Å². The maximum absolute atomic E-state index is 13.8. The smallest absolute Gasteiger partial charge is 0.339 e. The lowest BCUT2D eigenvalue weighted by Gasteiger charge is -2.21. The molecule has 2 rings (SSSR count). The molecule has 0 aromatic heterocycles. The van der Waals surface area contributed by atoms with Crippen molar-refractivity contribution in [3.8, 4) is 5.75 Å². The number of nitrogens with zero attached hydrogens (tertiary/aromatic N) is 1. The van der Waals surface area contributed by atoms with E-state index in [-0.39, 0.29) is 16.1 Å². The van der Waals surface area contributed by atoms with Crippen molar-refractivity contribution in [2.24, 2.45) is 0 Å². The van der Waals surface area contributed by atoms with E-state index in [0.717, 1.165) is 22.5 Å². The van der Waals surface area contributed by atoms with Gasteiger partial charge in [-0.15, -0.1) is 0 Å². The van der Waals surface area contributed by atoms with Gasteiger partial charge in [0.15, 0.2) is 0 Å². The third kappa shape index (κ3) is 2.98. The molecule has 2 N–H and O–H groups in total. The number of aryl methyl sites for hydroxylation is 1. The van der Waals surface area contributed by atoms with Crippen molar-refractivity contribution in [1.82, 2.24) is 0 Å². The molecule has 0 bridgehead atoms. The van der Waals surface area contributed by atoms with Gasteiger partial charge in [0, 0.05) is 7.05 Å². The number of carboxylic acid groups (broad SMARTS) is 1. The molecule has 0 aliphatic heterocycles. The molecule has 2 aromatic rings. The van der Waals surface area contributed by atoms with Gasteiger partial charge in [0.1, 0.15) is 17.1 Å². The summed E-state index contributed by atoms with van der Waals surface area (Å²) in [6.07, 6.45) is 0. The Hall–Kier alpha value is -2.61. The van der Waals surface area contributed by atoms with E-state index in [0.29, 0.717) is 0 Å². The summed E-state index contributed by atoms with van der Waals surface area (Å²) in [5.74, 6) is -2.73. The number of carboxylic acids is 1. The lowest BCUT2D eigenvalue weighted by molar-refractivity contribution is 0.0693. The van der Waals surface area contributed by atoms with E-state index < -0.39 is 33.1 Å². The van der Waals surface area contributed by atoms with E-state index in [1.54, 1.807) is 0 Å². The quantitative estimate of drug-likeness (QED) is 0.892. The number of sulfonamides is 1. The highest BCUT2D eigenvalue weighted by molar-refractivity contribution is 7.92. The van der Waals surface area contributed by atoms with Crippen molar-refractivity contribution in [3.05, 3.63) is 53.3 Å². The summed E-state index contributed by atoms with van der Waals surface area (Å²) in [7, 11) is -3.03. The average Bonchev–Trinajstić information content (AvgIpc) is 2.46. The van der Waals surface area contributed by atoms with Gasteiger partial charge in [-0.25, -0.2) is 17.6 Å². The standard InChI is InChI=1S/C15H14FNO5S/c1-9-7-13(18)10(15(19)20)8-14(9)23(21,22)17(2)12-6-4-3-5-11(12)16/h3-8,18H,1-2H3,(H,19,20). The largest absolute Gasteiger partial charge is 0.507 e. The highest BCUT2D eigenvalue weighted by atomic mass is 32.2. The van der Waals surface area contributed by atoms with Gasteiger partial charge in [0.05, 0.1) is 10.6 Å². The molecule has 0 saturated carbocycles. The molecular weight excluding hydrogens is 325 g/mol. The van der Waals surface area contributed by atoms with Gasteiger partial charge in [0.2, 0.25) is 0 Å². The first kappa shape index (κ1) is 16.8. The zero-order valence-corrected chi connectivity index (χ0v) is 13.1. The molecule has 6 nitrogen and oxygen atoms in total. The molecule has 8 heteroatoms. The zero-order chi connectivity index (χ0) is 17.4. The van der Waals surface area contributed by atoms with Crippen molar-refractivity contribution in [3.63, 3.8) is 0 Å². The Morgan fingerprint density at radius 2 is 1.83 bits per heavy atom. The van der Waals surface area contributed by atoms with E-state index >= 15 is 0 Å². The lowest BCUT2D eigenvalue weighted by Crippen LogP contribution is -2.28. The molecule has 2 aromatic carbocycles. The first-order valence-corrected chi connectivity index (χ1v) is 7.90. The molecule has 0 fully saturated rings. The minimum atomic E-state index is -4.20. The number of rotatable bonds is 4. The summed E-state index contributed by atoms with van der Waals surface area (Å²) >= 11 is 0. The third-order valence-corrected chi connectivity index (χ3v) is 5.27. The first-order valence-electron chi connectivity index (χ1n) is 6.46. The van der Waals surface area contributed by atoms with E-state index in [2.05, 4.69) is 0 Å². The van der Waals surface area contributed by atoms with Gasteiger partial charge in [0.25, 0.3) is 10.0 Å². The Kier molecular flexibility index (Phi) is 4.28. The highest BCUT2D eigenvalue weighted by Gasteiger charge is 2.27. The lowest BCUT2D eigenvalue weighted by atomic mass is 10.1. The third-order valence-electron chi connectivity index (χ3n) is 3.35. The van der Waals surface area contributed by atoms with Crippen LogP contribution in [-0.4, -0.2) is 31.6 Å². The van der Waals surface area contributed by atoms with E-state index in [4.69, 9.17) is 5.11 Å². The van der Waals surface area contributed by atoms with Gasteiger partial charge in [-0.3, -0.25) is 4.31 Å². The molecule has 122 valence electrons. The van der Waals surface area contributed by atoms with Gasteiger partial charge < -0.3 is 10.2 Å². The number of aromatic carboxylic acids is 1. The highest BCUT2D eigenvalue weighted by Crippen LogP contribution is 2.30. The number of anilines is 1. The molecule has 0 saturated heterocycles. The first-order chi connectivity index (χ1) is 10.7. The fourth-order valence-electron chi connectivity index (χ4n) is 2.11. The number of phenols is 1. The van der Waals surface area contributed by atoms with Gasteiger partial charge in [-0.2, -0.15) is 0 Å². The van der Waals surface area contributed by atoms with Gasteiger partial charge in [-0.1, -0.05) is 12.1 Å². The van der Waals surface area contributed by atoms with Crippen LogP contribution in [0.2, 0.25) is 0 Å². The molecule has 0 aliphatic rings. The van der Waals surface area contributed by atoms with Gasteiger partial charge in [-0.05, 0) is 36.8 Å². The van der Waals surface area contributed by atoms with Crippen LogP contribution in [-0.2, 0) is 10.0 Å². The molecule has 23 heavy (non-hydrogen) atoms. The Morgan fingerprint density at radius 3 is 2.39 bits per heavy atom. The van der Waals surface area contributed by atoms with Crippen LogP contribution in [0.15, 0.2) is 41.3 Å². The number of para-hydroxylation sites is 1. The summed E-state index contributed by atoms with van der Waals surface area (Å²) in [4.78, 5) is 10.8. The van der Waals surface area contributed by atoms with E-state index in [1.807, 2.05) is 0 Å². The molecule has 0 unspecified atom stereocenters. The van der Waals surface area contributed by atoms with Crippen LogP contribution >= 0.6 is 0 Å². The number of benzene rings is 2. The van der Waals surface area contributed by atoms with Gasteiger partial charge >= 0.3 is 5.97 Å². The molecule has 0 amide bonds. The van der Waals surface area contributed by atoms with Crippen molar-refractivity contribution in [2.45, 2.75) is 11.8 Å². The summed E-state index contributed by atoms with van der Waals surface area (Å²) in [5.41, 5.74) is -0.566. The average molecular weight is 339 g/mol. The molecule has 0 atom stereocenters. The number of aromatic hydroxyl groups is 1. The minimum absolute atomic E-state index is 0.149. The minimum Gasteiger partial charge on any atom is -0.507 e. The van der Waals surface area contributed by atoms with E-state index in [9.17, 15) is 22.7 Å². The Morgan fingerprint density at radius 1 is 1.22 bits per heavy atom. The maximum atomic E-state index is 13.8. The topological polar surface area (TPSA) is 94.9 Å². The summed E-state index contributed by atoms with van der Waals surface area (Å²) in [6, 6.07) is 7.23. The zero-order valence-electron chi connectivity index (χ0n) is 12.3. The second-order valence-corrected chi connectivity index (χ2v) is 6.80. The monoisotopic (exact) mass is 339 g/mol. The van der Waals surface area contributed by atoms with Crippen molar-refractivity contribution < 1.29 is 27.8 Å². The normalized spacial score (nSPS) is 11.3. The second-order valence-electron chi connectivity index (χ2n) is 4.86. The Balaban J connectivity index is 2.63. The number of hydrogen-bond acceptors (Lipinski definition) is 4. The number of carbonyl (C=O) groups is 1. The summed E-state index contributed by atoms with van der Waals surface area (Å²) < 4.78 is 39.9.